The van der Waals surface area contributed by atoms with E-state index in [2.05, 4.69) is 20.8 Å². The summed E-state index contributed by atoms with van der Waals surface area (Å²) in [6.45, 7) is 6.70. The number of hydrogen-bond acceptors (Lipinski definition) is 2. The molecule has 1 saturated carbocycles. The molecule has 2 aliphatic rings. The van der Waals surface area contributed by atoms with Crippen LogP contribution in [0.5, 0.6) is 0 Å². The summed E-state index contributed by atoms with van der Waals surface area (Å²) in [5, 5.41) is 0. The van der Waals surface area contributed by atoms with Crippen molar-refractivity contribution in [2.75, 3.05) is 0 Å². The molecule has 1 aliphatic carbocycles. The third-order valence-corrected chi connectivity index (χ3v) is 4.84. The van der Waals surface area contributed by atoms with Crippen molar-refractivity contribution >= 4 is 5.97 Å². The molecular formula is C15H26O2. The van der Waals surface area contributed by atoms with E-state index in [9.17, 15) is 4.79 Å². The molecule has 0 aromatic carbocycles. The van der Waals surface area contributed by atoms with Gasteiger partial charge in [-0.05, 0) is 19.3 Å². The lowest BCUT2D eigenvalue weighted by Crippen LogP contribution is -2.31. The fraction of sp³-hybridized carbons (Fsp3) is 0.933. The summed E-state index contributed by atoms with van der Waals surface area (Å²) < 4.78 is 5.73. The first-order chi connectivity index (χ1) is 8.00. The molecule has 2 nitrogen and oxygen atoms in total. The lowest BCUT2D eigenvalue weighted by molar-refractivity contribution is -0.153. The Morgan fingerprint density at radius 3 is 2.53 bits per heavy atom. The molecule has 0 aromatic heterocycles. The van der Waals surface area contributed by atoms with E-state index in [1.807, 2.05) is 0 Å². The molecule has 0 unspecified atom stereocenters. The summed E-state index contributed by atoms with van der Waals surface area (Å²) in [4.78, 5) is 12.2. The lowest BCUT2D eigenvalue weighted by Gasteiger charge is -2.32. The van der Waals surface area contributed by atoms with Gasteiger partial charge in [-0.3, -0.25) is 4.79 Å². The van der Waals surface area contributed by atoms with E-state index in [0.717, 1.165) is 32.1 Å². The normalized spacial score (nSPS) is 28.4. The molecule has 0 aromatic rings. The Kier molecular flexibility index (Phi) is 3.51. The Labute approximate surface area is 105 Å². The highest BCUT2D eigenvalue weighted by Gasteiger charge is 2.52. The van der Waals surface area contributed by atoms with Crippen LogP contribution in [-0.4, -0.2) is 12.1 Å². The number of rotatable bonds is 3. The standard InChI is InChI=1S/C15H26O2/c1-4-8-14(2,3)12-11-15(13(16)17-12)9-6-5-7-10-15/h12H,4-11H2,1-3H3/t12-/m0/s1. The Balaban J connectivity index is 2.08. The molecule has 1 heterocycles. The van der Waals surface area contributed by atoms with E-state index in [1.54, 1.807) is 0 Å². The number of hydrogen-bond donors (Lipinski definition) is 0. The first kappa shape index (κ1) is 12.9. The highest BCUT2D eigenvalue weighted by atomic mass is 16.6. The minimum absolute atomic E-state index is 0.103. The molecule has 2 heteroatoms. The summed E-state index contributed by atoms with van der Waals surface area (Å²) in [5.41, 5.74) is 0.0410. The van der Waals surface area contributed by atoms with Crippen LogP contribution in [0.25, 0.3) is 0 Å². The lowest BCUT2D eigenvalue weighted by atomic mass is 9.69. The van der Waals surface area contributed by atoms with Crippen LogP contribution in [0, 0.1) is 10.8 Å². The van der Waals surface area contributed by atoms with E-state index in [1.165, 1.54) is 19.3 Å². The van der Waals surface area contributed by atoms with Crippen LogP contribution in [-0.2, 0) is 9.53 Å². The summed E-state index contributed by atoms with van der Waals surface area (Å²) in [6.07, 6.45) is 9.24. The van der Waals surface area contributed by atoms with Gasteiger partial charge in [0.25, 0.3) is 0 Å². The van der Waals surface area contributed by atoms with Gasteiger partial charge in [-0.25, -0.2) is 0 Å². The van der Waals surface area contributed by atoms with Crippen LogP contribution in [0.2, 0.25) is 0 Å². The predicted octanol–water partition coefficient (Wildman–Crippen LogP) is 4.08. The van der Waals surface area contributed by atoms with Crippen molar-refractivity contribution in [1.29, 1.82) is 0 Å². The molecule has 0 bridgehead atoms. The zero-order chi connectivity index (χ0) is 12.5. The number of cyclic esters (lactones) is 1. The number of ether oxygens (including phenoxy) is 1. The Bertz CT molecular complexity index is 287. The minimum atomic E-state index is -0.103. The fourth-order valence-corrected chi connectivity index (χ4v) is 3.61. The molecule has 0 N–H and O–H groups in total. The van der Waals surface area contributed by atoms with Crippen LogP contribution in [0.1, 0.15) is 72.1 Å². The van der Waals surface area contributed by atoms with Crippen molar-refractivity contribution in [2.24, 2.45) is 10.8 Å². The van der Waals surface area contributed by atoms with Crippen molar-refractivity contribution in [1.82, 2.24) is 0 Å². The maximum absolute atomic E-state index is 12.2. The van der Waals surface area contributed by atoms with Crippen molar-refractivity contribution in [3.63, 3.8) is 0 Å². The smallest absolute Gasteiger partial charge is 0.312 e. The monoisotopic (exact) mass is 238 g/mol. The second-order valence-electron chi connectivity index (χ2n) is 6.68. The van der Waals surface area contributed by atoms with Crippen molar-refractivity contribution in [2.45, 2.75) is 78.2 Å². The number of esters is 1. The zero-order valence-electron chi connectivity index (χ0n) is 11.6. The molecule has 98 valence electrons. The van der Waals surface area contributed by atoms with Crippen LogP contribution in [0.3, 0.4) is 0 Å². The molecule has 1 saturated heterocycles. The van der Waals surface area contributed by atoms with Gasteiger partial charge in [0.05, 0.1) is 5.41 Å². The number of carbonyl (C=O) groups is 1. The minimum Gasteiger partial charge on any atom is -0.461 e. The van der Waals surface area contributed by atoms with Gasteiger partial charge in [-0.15, -0.1) is 0 Å². The van der Waals surface area contributed by atoms with Gasteiger partial charge in [0, 0.05) is 11.8 Å². The van der Waals surface area contributed by atoms with E-state index >= 15 is 0 Å². The van der Waals surface area contributed by atoms with Gasteiger partial charge >= 0.3 is 5.97 Å². The number of carbonyl (C=O) groups excluding carboxylic acids is 1. The Morgan fingerprint density at radius 2 is 1.94 bits per heavy atom. The van der Waals surface area contributed by atoms with E-state index < -0.39 is 0 Å². The summed E-state index contributed by atoms with van der Waals surface area (Å²) >= 11 is 0. The van der Waals surface area contributed by atoms with Crippen LogP contribution < -0.4 is 0 Å². The van der Waals surface area contributed by atoms with E-state index in [0.29, 0.717) is 0 Å². The summed E-state index contributed by atoms with van der Waals surface area (Å²) in [6, 6.07) is 0. The molecular weight excluding hydrogens is 212 g/mol. The van der Waals surface area contributed by atoms with Gasteiger partial charge in [0.15, 0.2) is 0 Å². The van der Waals surface area contributed by atoms with Crippen LogP contribution in [0.15, 0.2) is 0 Å². The molecule has 0 radical (unpaired) electrons. The summed E-state index contributed by atoms with van der Waals surface area (Å²) in [5.74, 6) is 0.103. The topological polar surface area (TPSA) is 26.3 Å². The molecule has 2 rings (SSSR count). The average molecular weight is 238 g/mol. The molecule has 1 atom stereocenters. The van der Waals surface area contributed by atoms with Gasteiger partial charge in [0.1, 0.15) is 6.10 Å². The maximum atomic E-state index is 12.2. The van der Waals surface area contributed by atoms with Crippen LogP contribution >= 0.6 is 0 Å². The molecule has 1 aliphatic heterocycles. The zero-order valence-corrected chi connectivity index (χ0v) is 11.6. The van der Waals surface area contributed by atoms with E-state index in [-0.39, 0.29) is 22.9 Å². The molecule has 17 heavy (non-hydrogen) atoms. The quantitative estimate of drug-likeness (QED) is 0.692. The first-order valence-corrected chi connectivity index (χ1v) is 7.21. The molecule has 0 amide bonds. The largest absolute Gasteiger partial charge is 0.461 e. The van der Waals surface area contributed by atoms with Crippen molar-refractivity contribution in [3.8, 4) is 0 Å². The van der Waals surface area contributed by atoms with Crippen LogP contribution in [0.4, 0.5) is 0 Å². The van der Waals surface area contributed by atoms with E-state index in [4.69, 9.17) is 4.74 Å². The Hall–Kier alpha value is -0.530. The third kappa shape index (κ3) is 2.36. The van der Waals surface area contributed by atoms with Gasteiger partial charge in [-0.2, -0.15) is 0 Å². The second-order valence-corrected chi connectivity index (χ2v) is 6.68. The van der Waals surface area contributed by atoms with Gasteiger partial charge in [0.2, 0.25) is 0 Å². The Morgan fingerprint density at radius 1 is 1.29 bits per heavy atom. The van der Waals surface area contributed by atoms with Gasteiger partial charge in [-0.1, -0.05) is 46.5 Å². The fourth-order valence-electron chi connectivity index (χ4n) is 3.61. The second kappa shape index (κ2) is 4.62. The van der Waals surface area contributed by atoms with Crippen molar-refractivity contribution < 1.29 is 9.53 Å². The molecule has 2 fully saturated rings. The maximum Gasteiger partial charge on any atom is 0.312 e. The highest BCUT2D eigenvalue weighted by molar-refractivity contribution is 5.79. The third-order valence-electron chi connectivity index (χ3n) is 4.84. The molecule has 1 spiro atoms. The highest BCUT2D eigenvalue weighted by Crippen LogP contribution is 2.50. The summed E-state index contributed by atoms with van der Waals surface area (Å²) in [7, 11) is 0. The predicted molar refractivity (Wildman–Crippen MR) is 68.7 cm³/mol. The first-order valence-electron chi connectivity index (χ1n) is 7.21. The SMILES string of the molecule is CCCC(C)(C)[C@@H]1CC2(CCCCC2)C(=O)O1. The van der Waals surface area contributed by atoms with Crippen molar-refractivity contribution in [3.05, 3.63) is 0 Å². The average Bonchev–Trinajstić information content (AvgIpc) is 2.58. The van der Waals surface area contributed by atoms with Gasteiger partial charge < -0.3 is 4.74 Å².